The molecule has 1 aliphatic heterocycles. The first-order valence-corrected chi connectivity index (χ1v) is 23.4. The van der Waals surface area contributed by atoms with Gasteiger partial charge in [-0.15, -0.1) is 0 Å². The highest BCUT2D eigenvalue weighted by atomic mass is 16.3. The fourth-order valence-corrected chi connectivity index (χ4v) is 7.78. The maximum Gasteiger partial charge on any atom is 0.333 e. The number of carbonyl (C=O) groups excluding carboxylic acids is 11. The molecule has 1 fully saturated rings. The Morgan fingerprint density at radius 1 is 0.676 bits per heavy atom. The van der Waals surface area contributed by atoms with Gasteiger partial charge in [-0.3, -0.25) is 49.1 Å². The van der Waals surface area contributed by atoms with Gasteiger partial charge in [0.15, 0.2) is 0 Å². The number of carbonyl (C=O) groups is 11. The van der Waals surface area contributed by atoms with Crippen LogP contribution in [0.2, 0.25) is 0 Å². The average molecular weight is 1010 g/mol. The van der Waals surface area contributed by atoms with Crippen molar-refractivity contribution in [1.29, 1.82) is 0 Å². The van der Waals surface area contributed by atoms with Crippen LogP contribution < -0.4 is 21.3 Å². The van der Waals surface area contributed by atoms with Crippen molar-refractivity contribution in [3.8, 4) is 0 Å². The maximum atomic E-state index is 14.7. The topological polar surface area (TPSA) is 299 Å². The summed E-state index contributed by atoms with van der Waals surface area (Å²) in [5.74, 6) is -8.16. The summed E-state index contributed by atoms with van der Waals surface area (Å²) in [6.45, 7) is 19.4. The molecule has 0 aromatic carbocycles. The van der Waals surface area contributed by atoms with Crippen LogP contribution in [0.15, 0.2) is 24.4 Å². The molecule has 1 rings (SSSR count). The van der Waals surface area contributed by atoms with Crippen LogP contribution >= 0.6 is 0 Å². The molecule has 1 heterocycles. The van der Waals surface area contributed by atoms with Gasteiger partial charge < -0.3 is 45.3 Å². The maximum absolute atomic E-state index is 14.7. The second-order valence-electron chi connectivity index (χ2n) is 19.5. The second-order valence-corrected chi connectivity index (χ2v) is 19.5. The molecule has 0 spiro atoms. The zero-order valence-corrected chi connectivity index (χ0v) is 44.5. The minimum absolute atomic E-state index is 0.0273. The lowest BCUT2D eigenvalue weighted by Crippen LogP contribution is -2.63. The van der Waals surface area contributed by atoms with E-state index in [4.69, 9.17) is 0 Å². The molecule has 0 aromatic heterocycles. The van der Waals surface area contributed by atoms with Crippen LogP contribution in [0.1, 0.15) is 94.9 Å². The van der Waals surface area contributed by atoms with E-state index in [1.807, 2.05) is 10.6 Å². The van der Waals surface area contributed by atoms with Crippen LogP contribution in [0.5, 0.6) is 0 Å². The largest absolute Gasteiger partial charge is 0.390 e. The number of aliphatic hydroxyl groups excluding tert-OH is 1. The molecule has 71 heavy (non-hydrogen) atoms. The van der Waals surface area contributed by atoms with E-state index in [2.05, 4.69) is 17.2 Å². The molecule has 0 saturated carbocycles. The van der Waals surface area contributed by atoms with Gasteiger partial charge >= 0.3 is 24.1 Å². The van der Waals surface area contributed by atoms with Crippen molar-refractivity contribution in [2.24, 2.45) is 17.8 Å². The quantitative estimate of drug-likeness (QED) is 0.132. The Kier molecular flexibility index (Phi) is 23.5. The number of nitrogens with one attached hydrogen (secondary N) is 4. The van der Waals surface area contributed by atoms with Gasteiger partial charge in [0.05, 0.1) is 11.7 Å². The van der Waals surface area contributed by atoms with Gasteiger partial charge in [-0.1, -0.05) is 60.3 Å². The first kappa shape index (κ1) is 62.6. The number of rotatable bonds is 10. The lowest BCUT2D eigenvalue weighted by atomic mass is 9.91. The lowest BCUT2D eigenvalue weighted by molar-refractivity contribution is -0.150. The summed E-state index contributed by atoms with van der Waals surface area (Å²) in [4.78, 5) is 158. The van der Waals surface area contributed by atoms with Crippen LogP contribution in [0.3, 0.4) is 0 Å². The highest BCUT2D eigenvalue weighted by Crippen LogP contribution is 2.24. The van der Waals surface area contributed by atoms with Crippen LogP contribution in [-0.2, 0) is 33.6 Å². The molecule has 1 aliphatic rings. The molecule has 0 bridgehead atoms. The molecule has 24 heteroatoms. The summed E-state index contributed by atoms with van der Waals surface area (Å²) in [5.41, 5.74) is -2.18. The molecule has 1 saturated heterocycles. The Hall–Kier alpha value is -6.43. The number of urea groups is 4. The van der Waals surface area contributed by atoms with Crippen molar-refractivity contribution in [2.45, 2.75) is 143 Å². The van der Waals surface area contributed by atoms with Crippen molar-refractivity contribution in [3.05, 3.63) is 24.4 Å². The van der Waals surface area contributed by atoms with E-state index in [0.717, 1.165) is 50.5 Å². The number of hydrogen-bond acceptors (Lipinski definition) is 13. The monoisotopic (exact) mass is 1010 g/mol. The Labute approximate surface area is 417 Å². The molecular formula is C47H79N11O13. The molecule has 24 nitrogen and oxygen atoms in total. The van der Waals surface area contributed by atoms with Gasteiger partial charge in [0.25, 0.3) is 17.7 Å². The van der Waals surface area contributed by atoms with Gasteiger partial charge in [-0.2, -0.15) is 0 Å². The van der Waals surface area contributed by atoms with E-state index in [1.165, 1.54) is 49.0 Å². The first-order chi connectivity index (χ1) is 32.6. The van der Waals surface area contributed by atoms with Crippen molar-refractivity contribution in [2.75, 3.05) is 49.3 Å². The summed E-state index contributed by atoms with van der Waals surface area (Å²) < 4.78 is 0. The predicted octanol–water partition coefficient (Wildman–Crippen LogP) is 1.03. The van der Waals surface area contributed by atoms with E-state index in [-0.39, 0.29) is 25.2 Å². The Bertz CT molecular complexity index is 2050. The molecular weight excluding hydrogens is 927 g/mol. The standard InChI is InChI=1S/C47H79N11O13/c1-19-21-22-27(7)35(59)34-37(61)49-30(20-2)40(64)52(12)29(9)39(63)54(14)32(24-47(10,11)71)36(60)50-44(68)58(18)45(69)51-43(67)48-28(8)38(62)53(13)31(23-25(3)4)41(65)57(17)46(70)56(16)33(26(5)6)42(66)55(34)15/h19,21,25-28,30-35,59,71H,9,20,22-24H2,1-8,10-18H3,(H,49,61)(H,50,60,68)(H2,48,51,67,69)/b21-19+/t27-,28+,30+,31?,32+,33+,34+,35-/m1/s1. The van der Waals surface area contributed by atoms with Gasteiger partial charge in [-0.25, -0.2) is 24.1 Å². The van der Waals surface area contributed by atoms with Gasteiger partial charge in [0.1, 0.15) is 41.9 Å². The molecule has 6 N–H and O–H groups in total. The van der Waals surface area contributed by atoms with E-state index in [9.17, 15) is 63.0 Å². The zero-order valence-electron chi connectivity index (χ0n) is 44.5. The van der Waals surface area contributed by atoms with Crippen molar-refractivity contribution in [3.63, 3.8) is 0 Å². The molecule has 0 aliphatic carbocycles. The molecule has 1 unspecified atom stereocenters. The number of likely N-dealkylation sites (N-methyl/N-ethyl adjacent to an activating group) is 6. The third-order valence-corrected chi connectivity index (χ3v) is 12.3. The minimum atomic E-state index is -1.68. The van der Waals surface area contributed by atoms with Gasteiger partial charge in [0, 0.05) is 55.8 Å². The summed E-state index contributed by atoms with van der Waals surface area (Å²) in [6, 6.07) is -13.8. The van der Waals surface area contributed by atoms with Crippen LogP contribution in [0, 0.1) is 17.8 Å². The highest BCUT2D eigenvalue weighted by molar-refractivity contribution is 6.08. The summed E-state index contributed by atoms with van der Waals surface area (Å²) >= 11 is 0. The lowest BCUT2D eigenvalue weighted by Gasteiger charge is -2.40. The summed E-state index contributed by atoms with van der Waals surface area (Å²) in [5, 5.41) is 31.3. The zero-order chi connectivity index (χ0) is 55.3. The summed E-state index contributed by atoms with van der Waals surface area (Å²) in [7, 11) is 8.18. The SMILES string of the molecule is C=C1C(=O)N(C)[C@@H](CC(C)(C)O)C(=O)NC(=O)N(C)C(=O)NC(=O)N[C@@H](C)C(=O)N(C)C(CC(C)C)C(=O)N(C)C(=O)N(C)[C@@H](C(C)C)C(=O)N(C)[C@@H]([C@H](O)[C@H](C)C/C=C/C)C(=O)N[C@@H](CC)C(=O)N1C. The molecule has 0 aromatic rings. The number of allylic oxidation sites excluding steroid dienone is 2. The highest BCUT2D eigenvalue weighted by Gasteiger charge is 2.44. The molecule has 8 atom stereocenters. The van der Waals surface area contributed by atoms with E-state index < -0.39 is 137 Å². The first-order valence-electron chi connectivity index (χ1n) is 23.4. The third-order valence-electron chi connectivity index (χ3n) is 12.3. The molecule has 15 amide bonds. The van der Waals surface area contributed by atoms with Crippen LogP contribution in [-0.4, -0.2) is 207 Å². The molecule has 400 valence electrons. The minimum Gasteiger partial charge on any atom is -0.390 e. The number of amides is 15. The predicted molar refractivity (Wildman–Crippen MR) is 261 cm³/mol. The van der Waals surface area contributed by atoms with Crippen molar-refractivity contribution in [1.82, 2.24) is 55.6 Å². The summed E-state index contributed by atoms with van der Waals surface area (Å²) in [6.07, 6.45) is 1.65. The Balaban J connectivity index is 4.12. The molecule has 0 radical (unpaired) electrons. The van der Waals surface area contributed by atoms with Crippen molar-refractivity contribution >= 4 is 65.5 Å². The fourth-order valence-electron chi connectivity index (χ4n) is 7.78. The van der Waals surface area contributed by atoms with E-state index in [1.54, 1.807) is 60.6 Å². The van der Waals surface area contributed by atoms with E-state index >= 15 is 0 Å². The normalized spacial score (nSPS) is 24.9. The van der Waals surface area contributed by atoms with Crippen molar-refractivity contribution < 1.29 is 63.0 Å². The Morgan fingerprint density at radius 2 is 1.23 bits per heavy atom. The Morgan fingerprint density at radius 3 is 1.72 bits per heavy atom. The number of imide groups is 4. The van der Waals surface area contributed by atoms with Crippen LogP contribution in [0.4, 0.5) is 19.2 Å². The number of hydrogen-bond donors (Lipinski definition) is 6. The van der Waals surface area contributed by atoms with E-state index in [0.29, 0.717) is 4.90 Å². The third kappa shape index (κ3) is 16.6. The van der Waals surface area contributed by atoms with Crippen LogP contribution in [0.25, 0.3) is 0 Å². The second kappa shape index (κ2) is 26.7. The fraction of sp³-hybridized carbons (Fsp3) is 0.681. The smallest absolute Gasteiger partial charge is 0.333 e. The average Bonchev–Trinajstić information content (AvgIpc) is 3.29. The van der Waals surface area contributed by atoms with Gasteiger partial charge in [0.2, 0.25) is 23.6 Å². The number of aliphatic hydroxyl groups is 2. The number of nitrogens with zero attached hydrogens (tertiary/aromatic N) is 7. The van der Waals surface area contributed by atoms with Gasteiger partial charge in [-0.05, 0) is 64.7 Å².